The molecule has 1 N–H and O–H groups in total. The van der Waals surface area contributed by atoms with E-state index in [1.54, 1.807) is 25.3 Å². The third kappa shape index (κ3) is 3.03. The molecule has 0 aliphatic heterocycles. The van der Waals surface area contributed by atoms with Gasteiger partial charge in [0.25, 0.3) is 10.0 Å². The highest BCUT2D eigenvalue weighted by Gasteiger charge is 2.19. The fraction of sp³-hybridized carbons (Fsp3) is 0.100. The number of aryl methyl sites for hydroxylation is 1. The molecule has 0 bridgehead atoms. The van der Waals surface area contributed by atoms with Crippen molar-refractivity contribution in [1.29, 1.82) is 0 Å². The maximum atomic E-state index is 12.1. The average Bonchev–Trinajstić information content (AvgIpc) is 2.59. The van der Waals surface area contributed by atoms with Gasteiger partial charge in [0.1, 0.15) is 4.21 Å². The van der Waals surface area contributed by atoms with Gasteiger partial charge in [0.2, 0.25) is 0 Å². The van der Waals surface area contributed by atoms with E-state index in [2.05, 4.69) is 25.6 Å². The van der Waals surface area contributed by atoms with Crippen molar-refractivity contribution in [3.63, 3.8) is 0 Å². The molecule has 0 atom stereocenters. The van der Waals surface area contributed by atoms with Gasteiger partial charge in [-0.3, -0.25) is 9.71 Å². The first-order valence-electron chi connectivity index (χ1n) is 4.79. The summed E-state index contributed by atoms with van der Waals surface area (Å²) >= 11 is 10.1. The van der Waals surface area contributed by atoms with Crippen LogP contribution in [0.25, 0.3) is 0 Å². The molecule has 8 heteroatoms. The molecule has 0 spiro atoms. The van der Waals surface area contributed by atoms with Gasteiger partial charge in [-0.25, -0.2) is 8.42 Å². The molecule has 18 heavy (non-hydrogen) atoms. The van der Waals surface area contributed by atoms with E-state index < -0.39 is 10.0 Å². The third-order valence-corrected chi connectivity index (χ3v) is 6.37. The van der Waals surface area contributed by atoms with Crippen LogP contribution in [-0.2, 0) is 10.0 Å². The fourth-order valence-electron chi connectivity index (χ4n) is 1.27. The summed E-state index contributed by atoms with van der Waals surface area (Å²) in [4.78, 5) is 4.00. The zero-order chi connectivity index (χ0) is 13.3. The van der Waals surface area contributed by atoms with Gasteiger partial charge < -0.3 is 0 Å². The van der Waals surface area contributed by atoms with E-state index in [9.17, 15) is 8.42 Å². The molecule has 0 amide bonds. The number of thiophene rings is 1. The zero-order valence-electron chi connectivity index (χ0n) is 9.15. The molecule has 0 saturated heterocycles. The number of hydrogen-bond acceptors (Lipinski definition) is 4. The second kappa shape index (κ2) is 5.16. The van der Waals surface area contributed by atoms with Gasteiger partial charge in [0.05, 0.1) is 14.5 Å². The lowest BCUT2D eigenvalue weighted by atomic mass is 10.3. The van der Waals surface area contributed by atoms with Crippen LogP contribution in [0, 0.1) is 6.92 Å². The lowest BCUT2D eigenvalue weighted by Crippen LogP contribution is -2.11. The Kier molecular flexibility index (Phi) is 3.96. The predicted octanol–water partition coefficient (Wildman–Crippen LogP) is 3.67. The van der Waals surface area contributed by atoms with Crippen LogP contribution in [0.2, 0.25) is 5.02 Å². The number of anilines is 1. The van der Waals surface area contributed by atoms with Crippen molar-refractivity contribution in [2.24, 2.45) is 0 Å². The van der Waals surface area contributed by atoms with Crippen LogP contribution >= 0.6 is 38.9 Å². The largest absolute Gasteiger partial charge is 0.279 e. The summed E-state index contributed by atoms with van der Waals surface area (Å²) in [7, 11) is -3.61. The van der Waals surface area contributed by atoms with Crippen molar-refractivity contribution in [3.8, 4) is 0 Å². The predicted molar refractivity (Wildman–Crippen MR) is 76.8 cm³/mol. The highest BCUT2D eigenvalue weighted by Crippen LogP contribution is 2.35. The number of aromatic nitrogens is 1. The normalized spacial score (nSPS) is 11.5. The maximum absolute atomic E-state index is 12.1. The molecule has 2 aromatic heterocycles. The Bertz CT molecular complexity index is 665. The van der Waals surface area contributed by atoms with Crippen molar-refractivity contribution < 1.29 is 8.42 Å². The smallest absolute Gasteiger partial charge is 0.271 e. The Morgan fingerprint density at radius 2 is 2.17 bits per heavy atom. The quantitative estimate of drug-likeness (QED) is 0.900. The number of nitrogens with one attached hydrogen (secondary N) is 1. The molecule has 0 radical (unpaired) electrons. The summed E-state index contributed by atoms with van der Waals surface area (Å²) in [5.74, 6) is 0. The minimum Gasteiger partial charge on any atom is -0.279 e. The highest BCUT2D eigenvalue weighted by molar-refractivity contribution is 9.11. The molecular formula is C10H8BrClN2O2S2. The molecule has 96 valence electrons. The Balaban J connectivity index is 2.33. The minimum atomic E-state index is -3.61. The number of pyridine rings is 1. The molecule has 0 aliphatic rings. The molecular weight excluding hydrogens is 360 g/mol. The third-order valence-electron chi connectivity index (χ3n) is 2.04. The average molecular weight is 368 g/mol. The Labute approximate surface area is 122 Å². The van der Waals surface area contributed by atoms with Gasteiger partial charge in [-0.1, -0.05) is 11.6 Å². The summed E-state index contributed by atoms with van der Waals surface area (Å²) < 4.78 is 27.4. The second-order valence-corrected chi connectivity index (χ2v) is 8.17. The maximum Gasteiger partial charge on any atom is 0.271 e. The number of nitrogens with zero attached hydrogens (tertiary/aromatic N) is 1. The summed E-state index contributed by atoms with van der Waals surface area (Å²) in [6.45, 7) is 1.79. The number of sulfonamides is 1. The van der Waals surface area contributed by atoms with Gasteiger partial charge in [-0.05, 0) is 41.1 Å². The number of hydrogen-bond donors (Lipinski definition) is 1. The summed E-state index contributed by atoms with van der Waals surface area (Å²) in [5, 5.41) is 0.381. The van der Waals surface area contributed by atoms with E-state index in [0.29, 0.717) is 14.5 Å². The van der Waals surface area contributed by atoms with Crippen LogP contribution in [0.4, 0.5) is 5.69 Å². The molecule has 0 fully saturated rings. The fourth-order valence-corrected chi connectivity index (χ4v) is 4.72. The SMILES string of the molecule is Cc1cc(NS(=O)(=O)c2cc(Cl)c(Br)s2)ccn1. The second-order valence-electron chi connectivity index (χ2n) is 3.48. The van der Waals surface area contributed by atoms with Crippen molar-refractivity contribution in [3.05, 3.63) is 38.9 Å². The topological polar surface area (TPSA) is 59.1 Å². The first kappa shape index (κ1) is 13.8. The van der Waals surface area contributed by atoms with Gasteiger partial charge in [0.15, 0.2) is 0 Å². The molecule has 2 aromatic rings. The van der Waals surface area contributed by atoms with Crippen LogP contribution in [-0.4, -0.2) is 13.4 Å². The Morgan fingerprint density at radius 3 is 2.72 bits per heavy atom. The lowest BCUT2D eigenvalue weighted by Gasteiger charge is -2.06. The molecule has 0 aliphatic carbocycles. The highest BCUT2D eigenvalue weighted by atomic mass is 79.9. The van der Waals surface area contributed by atoms with Crippen molar-refractivity contribution in [2.45, 2.75) is 11.1 Å². The number of halogens is 2. The van der Waals surface area contributed by atoms with Crippen LogP contribution in [0.3, 0.4) is 0 Å². The lowest BCUT2D eigenvalue weighted by molar-refractivity contribution is 0.603. The van der Waals surface area contributed by atoms with Gasteiger partial charge in [0, 0.05) is 11.9 Å². The number of rotatable bonds is 3. The standard InChI is InChI=1S/C10H8BrClN2O2S2/c1-6-4-7(2-3-13-6)14-18(15,16)9-5-8(12)10(11)17-9/h2-5H,1H3,(H,13,14). The molecule has 0 unspecified atom stereocenters. The zero-order valence-corrected chi connectivity index (χ0v) is 13.1. The van der Waals surface area contributed by atoms with E-state index in [1.165, 1.54) is 6.07 Å². The van der Waals surface area contributed by atoms with Crippen molar-refractivity contribution in [2.75, 3.05) is 4.72 Å². The molecule has 0 saturated carbocycles. The minimum absolute atomic E-state index is 0.161. The van der Waals surface area contributed by atoms with E-state index in [4.69, 9.17) is 11.6 Å². The molecule has 2 heterocycles. The Morgan fingerprint density at radius 1 is 1.44 bits per heavy atom. The first-order chi connectivity index (χ1) is 8.38. The first-order valence-corrected chi connectivity index (χ1v) is 8.26. The summed E-state index contributed by atoms with van der Waals surface area (Å²) in [5.41, 5.74) is 1.21. The van der Waals surface area contributed by atoms with Crippen LogP contribution in [0.1, 0.15) is 5.69 Å². The van der Waals surface area contributed by atoms with Crippen LogP contribution < -0.4 is 4.72 Å². The molecule has 0 aromatic carbocycles. The van der Waals surface area contributed by atoms with E-state index >= 15 is 0 Å². The van der Waals surface area contributed by atoms with Crippen molar-refractivity contribution in [1.82, 2.24) is 4.98 Å². The van der Waals surface area contributed by atoms with Gasteiger partial charge in [-0.15, -0.1) is 11.3 Å². The monoisotopic (exact) mass is 366 g/mol. The summed E-state index contributed by atoms with van der Waals surface area (Å²) in [6.07, 6.45) is 1.55. The van der Waals surface area contributed by atoms with E-state index in [1.807, 2.05) is 0 Å². The van der Waals surface area contributed by atoms with Crippen LogP contribution in [0.5, 0.6) is 0 Å². The van der Waals surface area contributed by atoms with E-state index in [0.717, 1.165) is 17.0 Å². The van der Waals surface area contributed by atoms with E-state index in [-0.39, 0.29) is 4.21 Å². The Hall–Kier alpha value is -0.630. The van der Waals surface area contributed by atoms with Gasteiger partial charge >= 0.3 is 0 Å². The summed E-state index contributed by atoms with van der Waals surface area (Å²) in [6, 6.07) is 4.66. The van der Waals surface area contributed by atoms with Gasteiger partial charge in [-0.2, -0.15) is 0 Å². The van der Waals surface area contributed by atoms with Crippen molar-refractivity contribution >= 4 is 54.6 Å². The van der Waals surface area contributed by atoms with Crippen LogP contribution in [0.15, 0.2) is 32.4 Å². The molecule has 4 nitrogen and oxygen atoms in total. The molecule has 2 rings (SSSR count).